The van der Waals surface area contributed by atoms with E-state index in [0.29, 0.717) is 12.0 Å². The van der Waals surface area contributed by atoms with E-state index < -0.39 is 0 Å². The van der Waals surface area contributed by atoms with Crippen LogP contribution in [0.4, 0.5) is 0 Å². The summed E-state index contributed by atoms with van der Waals surface area (Å²) in [5.74, 6) is 0.529. The van der Waals surface area contributed by atoms with Crippen molar-refractivity contribution in [3.63, 3.8) is 0 Å². The first-order valence-corrected chi connectivity index (χ1v) is 3.38. The lowest BCUT2D eigenvalue weighted by molar-refractivity contribution is 0.962. The molecule has 1 heterocycles. The molecule has 0 bridgehead atoms. The van der Waals surface area contributed by atoms with Crippen molar-refractivity contribution >= 4 is 0 Å². The van der Waals surface area contributed by atoms with E-state index in [2.05, 4.69) is 9.97 Å². The predicted molar refractivity (Wildman–Crippen MR) is 37.4 cm³/mol. The second kappa shape index (κ2) is 2.02. The Kier molecular flexibility index (Phi) is 1.17. The van der Waals surface area contributed by atoms with E-state index in [-0.39, 0.29) is 0 Å². The quantitative estimate of drug-likeness (QED) is 0.602. The maximum atomic E-state index is 5.64. The molecule has 0 aliphatic heterocycles. The van der Waals surface area contributed by atoms with Crippen LogP contribution in [0.1, 0.15) is 17.9 Å². The zero-order chi connectivity index (χ0) is 6.97. The molecular formula is C7H9N3. The summed E-state index contributed by atoms with van der Waals surface area (Å²) in [6, 6.07) is 0.353. The fourth-order valence-electron chi connectivity index (χ4n) is 1.10. The van der Waals surface area contributed by atoms with Gasteiger partial charge in [0.1, 0.15) is 6.33 Å². The lowest BCUT2D eigenvalue weighted by Gasteiger charge is -1.92. The summed E-state index contributed by atoms with van der Waals surface area (Å²) < 4.78 is 0. The molecule has 1 aliphatic carbocycles. The largest absolute Gasteiger partial charge is 0.327 e. The van der Waals surface area contributed by atoms with Crippen LogP contribution in [-0.2, 0) is 0 Å². The van der Waals surface area contributed by atoms with Gasteiger partial charge in [-0.2, -0.15) is 0 Å². The highest BCUT2D eigenvalue weighted by molar-refractivity contribution is 5.21. The van der Waals surface area contributed by atoms with Gasteiger partial charge in [-0.25, -0.2) is 9.97 Å². The Morgan fingerprint density at radius 2 is 2.00 bits per heavy atom. The second-order valence-corrected chi connectivity index (χ2v) is 2.68. The molecule has 1 saturated carbocycles. The van der Waals surface area contributed by atoms with Crippen molar-refractivity contribution in [2.75, 3.05) is 0 Å². The first-order valence-electron chi connectivity index (χ1n) is 3.38. The second-order valence-electron chi connectivity index (χ2n) is 2.68. The van der Waals surface area contributed by atoms with Gasteiger partial charge < -0.3 is 5.73 Å². The summed E-state index contributed by atoms with van der Waals surface area (Å²) in [7, 11) is 0. The Balaban J connectivity index is 2.20. The van der Waals surface area contributed by atoms with Gasteiger partial charge in [0.05, 0.1) is 0 Å². The molecule has 52 valence electrons. The molecule has 1 aromatic rings. The van der Waals surface area contributed by atoms with Crippen LogP contribution in [0.2, 0.25) is 0 Å². The molecule has 0 aromatic carbocycles. The maximum Gasteiger partial charge on any atom is 0.115 e. The normalized spacial score (nSPS) is 30.1. The number of aromatic nitrogens is 2. The molecule has 2 N–H and O–H groups in total. The number of hydrogen-bond donors (Lipinski definition) is 1. The molecule has 0 amide bonds. The van der Waals surface area contributed by atoms with Gasteiger partial charge in [0, 0.05) is 24.4 Å². The Labute approximate surface area is 59.3 Å². The fourth-order valence-corrected chi connectivity index (χ4v) is 1.10. The minimum atomic E-state index is 0.353. The Bertz CT molecular complexity index is 222. The molecule has 0 unspecified atom stereocenters. The van der Waals surface area contributed by atoms with Crippen LogP contribution in [0.3, 0.4) is 0 Å². The summed E-state index contributed by atoms with van der Waals surface area (Å²) in [6.07, 6.45) is 6.31. The number of hydrogen-bond acceptors (Lipinski definition) is 3. The highest BCUT2D eigenvalue weighted by atomic mass is 14.8. The zero-order valence-corrected chi connectivity index (χ0v) is 5.57. The average molecular weight is 135 g/mol. The van der Waals surface area contributed by atoms with Gasteiger partial charge in [-0.1, -0.05) is 0 Å². The molecule has 1 aliphatic rings. The summed E-state index contributed by atoms with van der Waals surface area (Å²) in [5.41, 5.74) is 6.82. The number of rotatable bonds is 1. The van der Waals surface area contributed by atoms with Gasteiger partial charge in [0.2, 0.25) is 0 Å². The number of nitrogens with two attached hydrogens (primary N) is 1. The molecule has 1 fully saturated rings. The first-order chi connectivity index (χ1) is 4.88. The van der Waals surface area contributed by atoms with Gasteiger partial charge in [0.15, 0.2) is 0 Å². The minimum absolute atomic E-state index is 0.353. The van der Waals surface area contributed by atoms with E-state index in [1.165, 1.54) is 11.9 Å². The molecule has 3 nitrogen and oxygen atoms in total. The minimum Gasteiger partial charge on any atom is -0.327 e. The van der Waals surface area contributed by atoms with Crippen molar-refractivity contribution in [2.24, 2.45) is 5.73 Å². The van der Waals surface area contributed by atoms with Crippen LogP contribution in [0.15, 0.2) is 18.7 Å². The molecule has 10 heavy (non-hydrogen) atoms. The van der Waals surface area contributed by atoms with E-state index in [0.717, 1.165) is 6.42 Å². The average Bonchev–Trinajstić information content (AvgIpc) is 2.69. The number of nitrogens with zero attached hydrogens (tertiary/aromatic N) is 2. The van der Waals surface area contributed by atoms with Crippen LogP contribution < -0.4 is 5.73 Å². The zero-order valence-electron chi connectivity index (χ0n) is 5.57. The smallest absolute Gasteiger partial charge is 0.115 e. The molecule has 2 atom stereocenters. The summed E-state index contributed by atoms with van der Waals surface area (Å²) in [5, 5.41) is 0. The van der Waals surface area contributed by atoms with Gasteiger partial charge in [-0.15, -0.1) is 0 Å². The van der Waals surface area contributed by atoms with Crippen molar-refractivity contribution in [2.45, 2.75) is 18.4 Å². The molecule has 0 radical (unpaired) electrons. The van der Waals surface area contributed by atoms with E-state index in [9.17, 15) is 0 Å². The monoisotopic (exact) mass is 135 g/mol. The van der Waals surface area contributed by atoms with Gasteiger partial charge in [-0.05, 0) is 12.0 Å². The van der Waals surface area contributed by atoms with Crippen LogP contribution in [-0.4, -0.2) is 16.0 Å². The molecular weight excluding hydrogens is 126 g/mol. The fraction of sp³-hybridized carbons (Fsp3) is 0.429. The molecule has 2 rings (SSSR count). The molecule has 3 heteroatoms. The summed E-state index contributed by atoms with van der Waals surface area (Å²) in [6.45, 7) is 0. The Morgan fingerprint density at radius 1 is 1.40 bits per heavy atom. The van der Waals surface area contributed by atoms with Gasteiger partial charge in [0.25, 0.3) is 0 Å². The first kappa shape index (κ1) is 5.80. The van der Waals surface area contributed by atoms with Gasteiger partial charge >= 0.3 is 0 Å². The van der Waals surface area contributed by atoms with E-state index >= 15 is 0 Å². The van der Waals surface area contributed by atoms with Crippen LogP contribution in [0.5, 0.6) is 0 Å². The van der Waals surface area contributed by atoms with Crippen LogP contribution in [0.25, 0.3) is 0 Å². The standard InChI is InChI=1S/C7H9N3/c8-7-1-6(7)5-2-9-4-10-3-5/h2-4,6-7H,1,8H2/t6-,7+/m0/s1. The van der Waals surface area contributed by atoms with E-state index in [1.54, 1.807) is 0 Å². The lowest BCUT2D eigenvalue weighted by Crippen LogP contribution is -2.01. The Morgan fingerprint density at radius 3 is 2.50 bits per heavy atom. The predicted octanol–water partition coefficient (Wildman–Crippen LogP) is 0.291. The summed E-state index contributed by atoms with van der Waals surface area (Å²) in [4.78, 5) is 7.83. The SMILES string of the molecule is N[C@@H]1C[C@H]1c1cncnc1. The lowest BCUT2D eigenvalue weighted by atomic mass is 10.2. The molecule has 0 saturated heterocycles. The van der Waals surface area contributed by atoms with Crippen molar-refractivity contribution < 1.29 is 0 Å². The van der Waals surface area contributed by atoms with E-state index in [1.807, 2.05) is 12.4 Å². The van der Waals surface area contributed by atoms with Crippen LogP contribution in [0, 0.1) is 0 Å². The third-order valence-electron chi connectivity index (χ3n) is 1.85. The summed E-state index contributed by atoms with van der Waals surface area (Å²) >= 11 is 0. The Hall–Kier alpha value is -0.960. The van der Waals surface area contributed by atoms with Crippen LogP contribution >= 0.6 is 0 Å². The highest BCUT2D eigenvalue weighted by Crippen LogP contribution is 2.37. The van der Waals surface area contributed by atoms with Crippen molar-refractivity contribution in [3.8, 4) is 0 Å². The maximum absolute atomic E-state index is 5.64. The highest BCUT2D eigenvalue weighted by Gasteiger charge is 2.34. The van der Waals surface area contributed by atoms with Crippen molar-refractivity contribution in [3.05, 3.63) is 24.3 Å². The third-order valence-corrected chi connectivity index (χ3v) is 1.85. The topological polar surface area (TPSA) is 51.8 Å². The van der Waals surface area contributed by atoms with Gasteiger partial charge in [-0.3, -0.25) is 0 Å². The van der Waals surface area contributed by atoms with Crippen molar-refractivity contribution in [1.29, 1.82) is 0 Å². The molecule has 1 aromatic heterocycles. The van der Waals surface area contributed by atoms with E-state index in [4.69, 9.17) is 5.73 Å². The van der Waals surface area contributed by atoms with Crippen molar-refractivity contribution in [1.82, 2.24) is 9.97 Å². The third kappa shape index (κ3) is 0.885. The molecule has 0 spiro atoms.